The van der Waals surface area contributed by atoms with E-state index in [1.165, 1.54) is 13.8 Å². The minimum atomic E-state index is -0.328. The maximum absolute atomic E-state index is 11.6. The number of hydrogen-bond donors (Lipinski definition) is 0. The summed E-state index contributed by atoms with van der Waals surface area (Å²) in [5.41, 5.74) is 2.00. The van der Waals surface area contributed by atoms with Crippen LogP contribution >= 0.6 is 11.8 Å². The van der Waals surface area contributed by atoms with Gasteiger partial charge in [-0.25, -0.2) is 0 Å². The number of ether oxygens (including phenoxy) is 2. The highest BCUT2D eigenvalue weighted by Gasteiger charge is 2.29. The number of rotatable bonds is 8. The van der Waals surface area contributed by atoms with Gasteiger partial charge in [0.25, 0.3) is 0 Å². The molecule has 4 nitrogen and oxygen atoms in total. The zero-order valence-corrected chi connectivity index (χ0v) is 18.8. The molecule has 0 saturated heterocycles. The molecule has 2 atom stereocenters. The number of carbonyl (C=O) groups is 2. The van der Waals surface area contributed by atoms with Crippen LogP contribution in [0.3, 0.4) is 0 Å². The van der Waals surface area contributed by atoms with Gasteiger partial charge >= 0.3 is 11.9 Å². The molecule has 0 saturated carbocycles. The smallest absolute Gasteiger partial charge is 0.308 e. The molecule has 0 aromatic heterocycles. The van der Waals surface area contributed by atoms with Crippen LogP contribution in [-0.4, -0.2) is 11.9 Å². The Morgan fingerprint density at radius 2 is 1.03 bits per heavy atom. The summed E-state index contributed by atoms with van der Waals surface area (Å²) in [7, 11) is 0. The fourth-order valence-corrected chi connectivity index (χ4v) is 4.89. The van der Waals surface area contributed by atoms with Crippen molar-refractivity contribution in [1.82, 2.24) is 0 Å². The van der Waals surface area contributed by atoms with E-state index >= 15 is 0 Å². The predicted molar refractivity (Wildman–Crippen MR) is 118 cm³/mol. The van der Waals surface area contributed by atoms with Gasteiger partial charge in [0.1, 0.15) is 11.5 Å². The second kappa shape index (κ2) is 10.5. The summed E-state index contributed by atoms with van der Waals surface area (Å²) in [6, 6.07) is 15.4. The molecule has 5 heteroatoms. The third-order valence-corrected chi connectivity index (χ3v) is 6.65. The molecule has 0 N–H and O–H groups in total. The van der Waals surface area contributed by atoms with E-state index in [9.17, 15) is 9.59 Å². The van der Waals surface area contributed by atoms with Gasteiger partial charge in [0.05, 0.1) is 0 Å². The van der Waals surface area contributed by atoms with Gasteiger partial charge in [-0.3, -0.25) is 9.59 Å². The Morgan fingerprint density at radius 3 is 1.34 bits per heavy atom. The molecule has 0 amide bonds. The average molecular weight is 415 g/mol. The summed E-state index contributed by atoms with van der Waals surface area (Å²) < 4.78 is 11.0. The highest BCUT2D eigenvalue weighted by Crippen LogP contribution is 2.51. The van der Waals surface area contributed by atoms with Gasteiger partial charge in [0.2, 0.25) is 0 Å². The summed E-state index contributed by atoms with van der Waals surface area (Å²) in [6.45, 7) is 11.5. The largest absolute Gasteiger partial charge is 0.426 e. The summed E-state index contributed by atoms with van der Waals surface area (Å²) in [5.74, 6) is 1.15. The number of thioether (sulfide) groups is 1. The third kappa shape index (κ3) is 6.36. The van der Waals surface area contributed by atoms with Crippen LogP contribution in [0.4, 0.5) is 0 Å². The van der Waals surface area contributed by atoms with E-state index in [1.807, 2.05) is 60.3 Å². The molecule has 2 rings (SSSR count). The van der Waals surface area contributed by atoms with E-state index < -0.39 is 0 Å². The van der Waals surface area contributed by atoms with Gasteiger partial charge in [0.15, 0.2) is 0 Å². The van der Waals surface area contributed by atoms with Gasteiger partial charge in [-0.05, 0) is 24.0 Å². The second-order valence-electron chi connectivity index (χ2n) is 7.73. The molecule has 0 aliphatic heterocycles. The van der Waals surface area contributed by atoms with Crippen LogP contribution in [0.5, 0.6) is 11.5 Å². The van der Waals surface area contributed by atoms with E-state index in [0.29, 0.717) is 23.3 Å². The van der Waals surface area contributed by atoms with Crippen LogP contribution in [0.25, 0.3) is 0 Å². The minimum absolute atomic E-state index is 0.100. The highest BCUT2D eigenvalue weighted by atomic mass is 32.2. The van der Waals surface area contributed by atoms with Crippen LogP contribution in [0.2, 0.25) is 0 Å². The Balaban J connectivity index is 2.45. The van der Waals surface area contributed by atoms with Crippen LogP contribution in [0, 0.1) is 11.8 Å². The van der Waals surface area contributed by atoms with Crippen molar-refractivity contribution in [3.05, 3.63) is 59.7 Å². The van der Waals surface area contributed by atoms with Crippen molar-refractivity contribution in [2.45, 2.75) is 52.0 Å². The predicted octanol–water partition coefficient (Wildman–Crippen LogP) is 6.36. The molecule has 156 valence electrons. The van der Waals surface area contributed by atoms with Crippen molar-refractivity contribution in [3.8, 4) is 11.5 Å². The summed E-state index contributed by atoms with van der Waals surface area (Å²) in [4.78, 5) is 23.2. The molecule has 2 unspecified atom stereocenters. The topological polar surface area (TPSA) is 52.6 Å². The van der Waals surface area contributed by atoms with E-state index in [4.69, 9.17) is 9.47 Å². The fraction of sp³-hybridized carbons (Fsp3) is 0.417. The summed E-state index contributed by atoms with van der Waals surface area (Å²) in [5, 5.41) is 0.201. The van der Waals surface area contributed by atoms with Crippen molar-refractivity contribution < 1.29 is 19.1 Å². The lowest BCUT2D eigenvalue weighted by Gasteiger charge is -2.30. The lowest BCUT2D eigenvalue weighted by molar-refractivity contribution is -0.132. The van der Waals surface area contributed by atoms with Crippen molar-refractivity contribution in [1.29, 1.82) is 0 Å². The first kappa shape index (κ1) is 23.0. The second-order valence-corrected chi connectivity index (χ2v) is 9.02. The maximum Gasteiger partial charge on any atom is 0.308 e. The van der Waals surface area contributed by atoms with Gasteiger partial charge in [0, 0.05) is 35.5 Å². The number of benzene rings is 2. The Bertz CT molecular complexity index is 775. The minimum Gasteiger partial charge on any atom is -0.426 e. The molecule has 0 radical (unpaired) electrons. The van der Waals surface area contributed by atoms with Gasteiger partial charge < -0.3 is 9.47 Å². The Morgan fingerprint density at radius 1 is 0.690 bits per heavy atom. The SMILES string of the molecule is CC(=O)Oc1ccccc1C(SC(c1ccccc1OC(C)=O)C(C)C)C(C)C. The van der Waals surface area contributed by atoms with E-state index in [0.717, 1.165) is 11.1 Å². The molecule has 0 fully saturated rings. The lowest BCUT2D eigenvalue weighted by Crippen LogP contribution is -2.14. The van der Waals surface area contributed by atoms with Gasteiger partial charge in [-0.2, -0.15) is 0 Å². The third-order valence-electron chi connectivity index (χ3n) is 4.46. The molecule has 2 aromatic rings. The van der Waals surface area contributed by atoms with Crippen LogP contribution in [-0.2, 0) is 9.59 Å². The average Bonchev–Trinajstić information content (AvgIpc) is 2.63. The first-order chi connectivity index (χ1) is 13.7. The zero-order valence-electron chi connectivity index (χ0n) is 18.0. The van der Waals surface area contributed by atoms with Gasteiger partial charge in [-0.15, -0.1) is 11.8 Å². The lowest BCUT2D eigenvalue weighted by atomic mass is 10.0. The number of carbonyl (C=O) groups excluding carboxylic acids is 2. The molecule has 0 aliphatic rings. The number of para-hydroxylation sites is 2. The van der Waals surface area contributed by atoms with Crippen molar-refractivity contribution in [2.24, 2.45) is 11.8 Å². The molecule has 0 aliphatic carbocycles. The van der Waals surface area contributed by atoms with E-state index in [1.54, 1.807) is 0 Å². The van der Waals surface area contributed by atoms with E-state index in [2.05, 4.69) is 27.7 Å². The number of esters is 2. The van der Waals surface area contributed by atoms with Crippen molar-refractivity contribution >= 4 is 23.7 Å². The summed E-state index contributed by atoms with van der Waals surface area (Å²) in [6.07, 6.45) is 0. The van der Waals surface area contributed by atoms with Crippen molar-refractivity contribution in [2.75, 3.05) is 0 Å². The molecule has 0 spiro atoms. The Kier molecular flexibility index (Phi) is 8.32. The molecule has 0 heterocycles. The maximum atomic E-state index is 11.6. The van der Waals surface area contributed by atoms with Crippen molar-refractivity contribution in [3.63, 3.8) is 0 Å². The molecule has 0 bridgehead atoms. The zero-order chi connectivity index (χ0) is 21.6. The normalized spacial score (nSPS) is 13.2. The monoisotopic (exact) mass is 414 g/mol. The number of hydrogen-bond acceptors (Lipinski definition) is 5. The Labute approximate surface area is 178 Å². The van der Waals surface area contributed by atoms with E-state index in [-0.39, 0.29) is 22.4 Å². The molecular weight excluding hydrogens is 384 g/mol. The quantitative estimate of drug-likeness (QED) is 0.371. The molecule has 29 heavy (non-hydrogen) atoms. The highest BCUT2D eigenvalue weighted by molar-refractivity contribution is 7.99. The molecular formula is C24H30O4S. The Hall–Kier alpha value is -2.27. The first-order valence-electron chi connectivity index (χ1n) is 9.90. The molecule has 2 aromatic carbocycles. The van der Waals surface area contributed by atoms with Crippen LogP contribution in [0.15, 0.2) is 48.5 Å². The van der Waals surface area contributed by atoms with Crippen LogP contribution < -0.4 is 9.47 Å². The standard InChI is InChI=1S/C24H30O4S/c1-15(2)23(19-11-7-9-13-21(19)27-17(5)25)29-24(16(3)4)20-12-8-10-14-22(20)28-18(6)26/h7-16,23-24H,1-6H3. The van der Waals surface area contributed by atoms with Gasteiger partial charge in [-0.1, -0.05) is 64.1 Å². The van der Waals surface area contributed by atoms with Crippen LogP contribution in [0.1, 0.15) is 63.2 Å². The first-order valence-corrected chi connectivity index (χ1v) is 10.8. The fourth-order valence-electron chi connectivity index (χ4n) is 3.26. The summed E-state index contributed by atoms with van der Waals surface area (Å²) >= 11 is 1.81.